The molecule has 0 amide bonds. The van der Waals surface area contributed by atoms with E-state index in [-0.39, 0.29) is 16.4 Å². The van der Waals surface area contributed by atoms with E-state index in [1.807, 2.05) is 0 Å². The van der Waals surface area contributed by atoms with E-state index in [9.17, 15) is 9.18 Å². The lowest BCUT2D eigenvalue weighted by molar-refractivity contribution is 0.104. The molecule has 2 rings (SSSR count). The largest absolute Gasteiger partial charge is 0.289 e. The molecule has 0 aliphatic rings. The average molecular weight is 340 g/mol. The number of rotatable bonds is 3. The maximum absolute atomic E-state index is 13.5. The van der Waals surface area contributed by atoms with Gasteiger partial charge in [0.25, 0.3) is 0 Å². The van der Waals surface area contributed by atoms with Crippen molar-refractivity contribution in [2.75, 3.05) is 0 Å². The van der Waals surface area contributed by atoms with Crippen molar-refractivity contribution in [3.63, 3.8) is 0 Å². The summed E-state index contributed by atoms with van der Waals surface area (Å²) in [5.74, 6) is -0.654. The van der Waals surface area contributed by atoms with Crippen molar-refractivity contribution in [2.45, 2.75) is 0 Å². The van der Waals surface area contributed by atoms with E-state index in [2.05, 4.69) is 15.9 Å². The van der Waals surface area contributed by atoms with Gasteiger partial charge in [0.15, 0.2) is 5.78 Å². The van der Waals surface area contributed by atoms with Gasteiger partial charge in [0.2, 0.25) is 0 Å². The average Bonchev–Trinajstić information content (AvgIpc) is 2.38. The maximum atomic E-state index is 13.5. The normalized spacial score (nSPS) is 10.9. The van der Waals surface area contributed by atoms with Crippen molar-refractivity contribution in [1.29, 1.82) is 0 Å². The van der Waals surface area contributed by atoms with E-state index >= 15 is 0 Å². The van der Waals surface area contributed by atoms with Crippen molar-refractivity contribution in [2.24, 2.45) is 0 Å². The first-order chi connectivity index (χ1) is 9.08. The Morgan fingerprint density at radius 3 is 2.47 bits per heavy atom. The molecule has 0 unspecified atom stereocenters. The predicted octanol–water partition coefficient (Wildman–Crippen LogP) is 5.14. The lowest BCUT2D eigenvalue weighted by atomic mass is 10.1. The number of hydrogen-bond donors (Lipinski definition) is 0. The maximum Gasteiger partial charge on any atom is 0.185 e. The van der Waals surface area contributed by atoms with E-state index < -0.39 is 5.82 Å². The second-order valence-corrected chi connectivity index (χ2v) is 5.16. The highest BCUT2D eigenvalue weighted by Crippen LogP contribution is 2.20. The molecule has 4 heteroatoms. The standard InChI is InChI=1S/C15H9BrClFO/c16-11-6-4-10(5-7-11)15(19)9-8-12-13(17)2-1-3-14(12)18/h1-9H/b9-8+. The number of carbonyl (C=O) groups is 1. The van der Waals surface area contributed by atoms with Gasteiger partial charge in [-0.25, -0.2) is 4.39 Å². The summed E-state index contributed by atoms with van der Waals surface area (Å²) in [6, 6.07) is 11.3. The quantitative estimate of drug-likeness (QED) is 0.559. The molecule has 0 N–H and O–H groups in total. The summed E-state index contributed by atoms with van der Waals surface area (Å²) in [4.78, 5) is 11.9. The molecule has 0 bridgehead atoms. The van der Waals surface area contributed by atoms with Gasteiger partial charge >= 0.3 is 0 Å². The Balaban J connectivity index is 2.23. The summed E-state index contributed by atoms with van der Waals surface area (Å²) >= 11 is 9.16. The topological polar surface area (TPSA) is 17.1 Å². The van der Waals surface area contributed by atoms with Crippen molar-refractivity contribution in [1.82, 2.24) is 0 Å². The van der Waals surface area contributed by atoms with Crippen LogP contribution in [0.4, 0.5) is 4.39 Å². The van der Waals surface area contributed by atoms with Crippen LogP contribution in [0, 0.1) is 5.82 Å². The van der Waals surface area contributed by atoms with E-state index in [0.717, 1.165) is 4.47 Å². The highest BCUT2D eigenvalue weighted by molar-refractivity contribution is 9.10. The number of ketones is 1. The van der Waals surface area contributed by atoms with Crippen LogP contribution in [-0.4, -0.2) is 5.78 Å². The van der Waals surface area contributed by atoms with Crippen LogP contribution in [0.2, 0.25) is 5.02 Å². The van der Waals surface area contributed by atoms with Crippen molar-refractivity contribution >= 4 is 39.4 Å². The summed E-state index contributed by atoms with van der Waals surface area (Å²) in [5.41, 5.74) is 0.751. The molecule has 0 heterocycles. The van der Waals surface area contributed by atoms with Crippen LogP contribution in [0.3, 0.4) is 0 Å². The van der Waals surface area contributed by atoms with Crippen LogP contribution in [0.5, 0.6) is 0 Å². The van der Waals surface area contributed by atoms with Crippen LogP contribution in [-0.2, 0) is 0 Å². The second kappa shape index (κ2) is 6.13. The minimum atomic E-state index is -0.452. The number of halogens is 3. The minimum absolute atomic E-state index is 0.202. The molecule has 96 valence electrons. The summed E-state index contributed by atoms with van der Waals surface area (Å²) in [5, 5.41) is 0.278. The van der Waals surface area contributed by atoms with Gasteiger partial charge in [0, 0.05) is 15.6 Å². The third-order valence-electron chi connectivity index (χ3n) is 2.53. The lowest BCUT2D eigenvalue weighted by Gasteiger charge is -2.00. The van der Waals surface area contributed by atoms with Gasteiger partial charge in [-0.3, -0.25) is 4.79 Å². The molecule has 0 saturated carbocycles. The molecule has 0 aliphatic heterocycles. The second-order valence-electron chi connectivity index (χ2n) is 3.84. The Hall–Kier alpha value is -1.45. The van der Waals surface area contributed by atoms with Gasteiger partial charge in [-0.1, -0.05) is 33.6 Å². The van der Waals surface area contributed by atoms with Crippen molar-refractivity contribution in [3.05, 3.63) is 75.0 Å². The van der Waals surface area contributed by atoms with Crippen LogP contribution in [0.1, 0.15) is 15.9 Å². The van der Waals surface area contributed by atoms with Gasteiger partial charge in [-0.15, -0.1) is 0 Å². The Bertz CT molecular complexity index is 615. The third kappa shape index (κ3) is 3.52. The Kier molecular flexibility index (Phi) is 4.51. The van der Waals surface area contributed by atoms with Gasteiger partial charge in [0.1, 0.15) is 5.82 Å². The molecule has 2 aromatic rings. The van der Waals surface area contributed by atoms with E-state index in [1.165, 1.54) is 24.3 Å². The first-order valence-corrected chi connectivity index (χ1v) is 6.67. The fourth-order valence-electron chi connectivity index (χ4n) is 1.54. The van der Waals surface area contributed by atoms with Crippen molar-refractivity contribution in [3.8, 4) is 0 Å². The highest BCUT2D eigenvalue weighted by Gasteiger charge is 2.05. The van der Waals surface area contributed by atoms with Crippen LogP contribution >= 0.6 is 27.5 Å². The number of allylic oxidation sites excluding steroid dienone is 1. The molecule has 0 saturated heterocycles. The molecule has 0 radical (unpaired) electrons. The summed E-state index contributed by atoms with van der Waals surface area (Å²) < 4.78 is 14.4. The van der Waals surface area contributed by atoms with E-state index in [1.54, 1.807) is 30.3 Å². The summed E-state index contributed by atoms with van der Waals surface area (Å²) in [7, 11) is 0. The molecule has 0 aliphatic carbocycles. The Morgan fingerprint density at radius 2 is 1.84 bits per heavy atom. The van der Waals surface area contributed by atoms with Crippen LogP contribution in [0.25, 0.3) is 6.08 Å². The summed E-state index contributed by atoms with van der Waals surface area (Å²) in [6.45, 7) is 0. The third-order valence-corrected chi connectivity index (χ3v) is 3.39. The van der Waals surface area contributed by atoms with Crippen molar-refractivity contribution < 1.29 is 9.18 Å². The van der Waals surface area contributed by atoms with Gasteiger partial charge in [-0.05, 0) is 48.6 Å². The molecule has 1 nitrogen and oxygen atoms in total. The number of hydrogen-bond acceptors (Lipinski definition) is 1. The fourth-order valence-corrected chi connectivity index (χ4v) is 2.03. The smallest absolute Gasteiger partial charge is 0.185 e. The zero-order valence-electron chi connectivity index (χ0n) is 9.74. The zero-order chi connectivity index (χ0) is 13.8. The van der Waals surface area contributed by atoms with Crippen LogP contribution in [0.15, 0.2) is 53.0 Å². The molecule has 19 heavy (non-hydrogen) atoms. The monoisotopic (exact) mass is 338 g/mol. The molecule has 0 aromatic heterocycles. The molecule has 0 fully saturated rings. The first kappa shape index (κ1) is 14.0. The number of carbonyl (C=O) groups excluding carboxylic acids is 1. The highest BCUT2D eigenvalue weighted by atomic mass is 79.9. The molecular formula is C15H9BrClFO. The van der Waals surface area contributed by atoms with Gasteiger partial charge < -0.3 is 0 Å². The lowest BCUT2D eigenvalue weighted by Crippen LogP contribution is -1.93. The van der Waals surface area contributed by atoms with Gasteiger partial charge in [-0.2, -0.15) is 0 Å². The predicted molar refractivity (Wildman–Crippen MR) is 78.9 cm³/mol. The van der Waals surface area contributed by atoms with E-state index in [4.69, 9.17) is 11.6 Å². The Labute approximate surface area is 123 Å². The minimum Gasteiger partial charge on any atom is -0.289 e. The zero-order valence-corrected chi connectivity index (χ0v) is 12.1. The molecule has 0 spiro atoms. The first-order valence-electron chi connectivity index (χ1n) is 5.50. The fraction of sp³-hybridized carbons (Fsp3) is 0. The van der Waals surface area contributed by atoms with Crippen LogP contribution < -0.4 is 0 Å². The summed E-state index contributed by atoms with van der Waals surface area (Å²) in [6.07, 6.45) is 2.70. The SMILES string of the molecule is O=C(/C=C/c1c(F)cccc1Cl)c1ccc(Br)cc1. The molecular weight excluding hydrogens is 331 g/mol. The number of benzene rings is 2. The molecule has 0 atom stereocenters. The Morgan fingerprint density at radius 1 is 1.16 bits per heavy atom. The molecule has 2 aromatic carbocycles. The van der Waals surface area contributed by atoms with Gasteiger partial charge in [0.05, 0.1) is 5.02 Å². The van der Waals surface area contributed by atoms with E-state index in [0.29, 0.717) is 5.56 Å².